The summed E-state index contributed by atoms with van der Waals surface area (Å²) in [4.78, 5) is 22.0. The first-order valence-corrected chi connectivity index (χ1v) is 4.83. The highest BCUT2D eigenvalue weighted by atomic mass is 35.5. The van der Waals surface area contributed by atoms with E-state index in [2.05, 4.69) is 11.3 Å². The van der Waals surface area contributed by atoms with Crippen LogP contribution in [-0.2, 0) is 4.74 Å². The van der Waals surface area contributed by atoms with Crippen LogP contribution < -0.4 is 5.73 Å². The number of Topliss-reactive ketones (excluding diaryl/α,β-unsaturated/α-hetero) is 1. The molecule has 0 bridgehead atoms. The lowest BCUT2D eigenvalue weighted by molar-refractivity contribution is 0.0956. The van der Waals surface area contributed by atoms with E-state index in [1.165, 1.54) is 18.2 Å². The molecule has 0 aromatic heterocycles. The average Bonchev–Trinajstić information content (AvgIpc) is 2.20. The van der Waals surface area contributed by atoms with Gasteiger partial charge in [0.2, 0.25) is 5.78 Å². The topological polar surface area (TPSA) is 69.4 Å². The molecule has 2 N–H and O–H groups in total. The largest absolute Gasteiger partial charge is 0.410 e. The second-order valence-electron chi connectivity index (χ2n) is 2.80. The Hall–Kier alpha value is -1.52. The van der Waals surface area contributed by atoms with Gasteiger partial charge in [0.05, 0.1) is 10.0 Å². The van der Waals surface area contributed by atoms with Gasteiger partial charge in [0, 0.05) is 5.56 Å². The number of ketones is 1. The number of amides is 1. The normalized spacial score (nSPS) is 9.62. The third-order valence-corrected chi connectivity index (χ3v) is 2.40. The molecule has 1 amide bonds. The molecule has 0 aliphatic rings. The number of halogens is 2. The molecule has 0 spiro atoms. The lowest BCUT2D eigenvalue weighted by Gasteiger charge is -2.04. The van der Waals surface area contributed by atoms with Gasteiger partial charge >= 0.3 is 6.09 Å². The zero-order chi connectivity index (χ0) is 12.3. The fourth-order valence-electron chi connectivity index (χ4n) is 0.966. The smallest absolute Gasteiger partial charge is 0.407 e. The maximum absolute atomic E-state index is 11.6. The number of primary amides is 1. The van der Waals surface area contributed by atoms with Crippen molar-refractivity contribution in [3.8, 4) is 0 Å². The lowest BCUT2D eigenvalue weighted by atomic mass is 10.1. The number of carbonyl (C=O) groups is 2. The van der Waals surface area contributed by atoms with Gasteiger partial charge in [-0.1, -0.05) is 29.8 Å². The summed E-state index contributed by atoms with van der Waals surface area (Å²) >= 11 is 11.4. The van der Waals surface area contributed by atoms with Gasteiger partial charge in [-0.15, -0.1) is 0 Å². The van der Waals surface area contributed by atoms with E-state index in [4.69, 9.17) is 28.9 Å². The molecular formula is C10H7Cl2NO3. The average molecular weight is 260 g/mol. The quantitative estimate of drug-likeness (QED) is 0.516. The second kappa shape index (κ2) is 5.01. The molecule has 0 fully saturated rings. The molecule has 16 heavy (non-hydrogen) atoms. The Labute approximate surface area is 102 Å². The summed E-state index contributed by atoms with van der Waals surface area (Å²) in [5.74, 6) is -0.955. The molecule has 0 aliphatic heterocycles. The number of hydrogen-bond donors (Lipinski definition) is 1. The van der Waals surface area contributed by atoms with Gasteiger partial charge in [-0.25, -0.2) is 4.79 Å². The van der Waals surface area contributed by atoms with Crippen LogP contribution in [0.1, 0.15) is 10.4 Å². The van der Waals surface area contributed by atoms with Crippen molar-refractivity contribution in [2.24, 2.45) is 5.73 Å². The number of allylic oxidation sites excluding steroid dienone is 1. The first kappa shape index (κ1) is 12.5. The predicted molar refractivity (Wildman–Crippen MR) is 60.6 cm³/mol. The van der Waals surface area contributed by atoms with Crippen LogP contribution >= 0.6 is 23.2 Å². The van der Waals surface area contributed by atoms with Crippen molar-refractivity contribution in [3.05, 3.63) is 46.1 Å². The number of ether oxygens (including phenoxy) is 1. The van der Waals surface area contributed by atoms with Gasteiger partial charge in [-0.3, -0.25) is 4.79 Å². The molecule has 0 radical (unpaired) electrons. The molecule has 0 unspecified atom stereocenters. The Morgan fingerprint density at radius 2 is 1.88 bits per heavy atom. The SMILES string of the molecule is C=C(OC(N)=O)C(=O)c1ccc(Cl)c(Cl)c1. The molecule has 1 aromatic rings. The molecule has 1 rings (SSSR count). The fourth-order valence-corrected chi connectivity index (χ4v) is 1.26. The summed E-state index contributed by atoms with van der Waals surface area (Å²) in [7, 11) is 0. The molecule has 84 valence electrons. The third-order valence-electron chi connectivity index (χ3n) is 1.66. The number of hydrogen-bond acceptors (Lipinski definition) is 3. The Morgan fingerprint density at radius 3 is 2.38 bits per heavy atom. The summed E-state index contributed by atoms with van der Waals surface area (Å²) in [5, 5.41) is 0.541. The Balaban J connectivity index is 2.92. The zero-order valence-corrected chi connectivity index (χ0v) is 9.51. The molecule has 0 saturated heterocycles. The number of carbonyl (C=O) groups excluding carboxylic acids is 2. The fraction of sp³-hybridized carbons (Fsp3) is 0. The standard InChI is InChI=1S/C10H7Cl2NO3/c1-5(16-10(13)15)9(14)6-2-3-7(11)8(12)4-6/h2-4H,1H2,(H2,13,15). The van der Waals surface area contributed by atoms with Crippen molar-refractivity contribution in [3.63, 3.8) is 0 Å². The van der Waals surface area contributed by atoms with E-state index in [1.807, 2.05) is 0 Å². The lowest BCUT2D eigenvalue weighted by Crippen LogP contribution is -2.16. The highest BCUT2D eigenvalue weighted by Gasteiger charge is 2.14. The minimum Gasteiger partial charge on any atom is -0.407 e. The maximum Gasteiger partial charge on any atom is 0.410 e. The van der Waals surface area contributed by atoms with Gasteiger partial charge in [-0.2, -0.15) is 0 Å². The molecule has 0 heterocycles. The first-order chi connectivity index (χ1) is 7.41. The third kappa shape index (κ3) is 2.98. The summed E-state index contributed by atoms with van der Waals surface area (Å²) in [5.41, 5.74) is 4.95. The van der Waals surface area contributed by atoms with Gasteiger partial charge in [0.1, 0.15) is 0 Å². The van der Waals surface area contributed by atoms with E-state index in [9.17, 15) is 9.59 Å². The summed E-state index contributed by atoms with van der Waals surface area (Å²) in [6.07, 6.45) is -1.10. The Kier molecular flexibility index (Phi) is 3.93. The molecule has 0 aliphatic carbocycles. The van der Waals surface area contributed by atoms with Crippen molar-refractivity contribution < 1.29 is 14.3 Å². The van der Waals surface area contributed by atoms with Gasteiger partial charge in [0.15, 0.2) is 5.76 Å². The zero-order valence-electron chi connectivity index (χ0n) is 8.00. The van der Waals surface area contributed by atoms with Crippen molar-refractivity contribution in [1.82, 2.24) is 0 Å². The van der Waals surface area contributed by atoms with Crippen molar-refractivity contribution in [2.45, 2.75) is 0 Å². The van der Waals surface area contributed by atoms with E-state index in [1.54, 1.807) is 0 Å². The number of rotatable bonds is 3. The van der Waals surface area contributed by atoms with Crippen LogP contribution in [0.3, 0.4) is 0 Å². The van der Waals surface area contributed by atoms with Crippen molar-refractivity contribution in [2.75, 3.05) is 0 Å². The molecule has 0 saturated carbocycles. The molecule has 0 atom stereocenters. The molecule has 1 aromatic carbocycles. The maximum atomic E-state index is 11.6. The number of benzene rings is 1. The van der Waals surface area contributed by atoms with Gasteiger partial charge < -0.3 is 10.5 Å². The van der Waals surface area contributed by atoms with Crippen LogP contribution in [0.4, 0.5) is 4.79 Å². The van der Waals surface area contributed by atoms with Gasteiger partial charge in [-0.05, 0) is 18.2 Å². The van der Waals surface area contributed by atoms with Crippen LogP contribution in [0.15, 0.2) is 30.5 Å². The second-order valence-corrected chi connectivity index (χ2v) is 3.62. The van der Waals surface area contributed by atoms with Crippen molar-refractivity contribution >= 4 is 35.1 Å². The van der Waals surface area contributed by atoms with Crippen molar-refractivity contribution in [1.29, 1.82) is 0 Å². The van der Waals surface area contributed by atoms with E-state index in [0.717, 1.165) is 0 Å². The first-order valence-electron chi connectivity index (χ1n) is 4.07. The molecule has 4 nitrogen and oxygen atoms in total. The summed E-state index contributed by atoms with van der Waals surface area (Å²) < 4.78 is 4.36. The van der Waals surface area contributed by atoms with Crippen LogP contribution in [0.25, 0.3) is 0 Å². The van der Waals surface area contributed by atoms with Crippen LogP contribution in [0, 0.1) is 0 Å². The Morgan fingerprint density at radius 1 is 1.25 bits per heavy atom. The predicted octanol–water partition coefficient (Wildman–Crippen LogP) is 2.79. The Bertz CT molecular complexity index is 471. The van der Waals surface area contributed by atoms with Crippen LogP contribution in [0.2, 0.25) is 10.0 Å². The monoisotopic (exact) mass is 259 g/mol. The van der Waals surface area contributed by atoms with Gasteiger partial charge in [0.25, 0.3) is 0 Å². The highest BCUT2D eigenvalue weighted by Crippen LogP contribution is 2.23. The van der Waals surface area contributed by atoms with E-state index < -0.39 is 11.9 Å². The van der Waals surface area contributed by atoms with E-state index in [0.29, 0.717) is 5.02 Å². The minimum atomic E-state index is -1.10. The molecule has 6 heteroatoms. The number of nitrogens with two attached hydrogens (primary N) is 1. The highest BCUT2D eigenvalue weighted by molar-refractivity contribution is 6.42. The van der Waals surface area contributed by atoms with E-state index in [-0.39, 0.29) is 16.3 Å². The summed E-state index contributed by atoms with van der Waals surface area (Å²) in [6.45, 7) is 3.27. The molecular weight excluding hydrogens is 253 g/mol. The minimum absolute atomic E-state index is 0.209. The van der Waals surface area contributed by atoms with E-state index >= 15 is 0 Å². The summed E-state index contributed by atoms with van der Waals surface area (Å²) in [6, 6.07) is 4.24. The van der Waals surface area contributed by atoms with Crippen LogP contribution in [-0.4, -0.2) is 11.9 Å². The van der Waals surface area contributed by atoms with Crippen LogP contribution in [0.5, 0.6) is 0 Å².